The Bertz CT molecular complexity index is 667. The number of allylic oxidation sites excluding steroid dienone is 3. The number of halogens is 1. The van der Waals surface area contributed by atoms with Crippen LogP contribution >= 0.6 is 11.6 Å². The van der Waals surface area contributed by atoms with Crippen molar-refractivity contribution < 1.29 is 0 Å². The van der Waals surface area contributed by atoms with Gasteiger partial charge in [-0.15, -0.1) is 0 Å². The molecule has 3 rings (SSSR count). The summed E-state index contributed by atoms with van der Waals surface area (Å²) in [5.41, 5.74) is 2.54. The Balaban J connectivity index is 2.05. The summed E-state index contributed by atoms with van der Waals surface area (Å²) in [7, 11) is 0. The van der Waals surface area contributed by atoms with Gasteiger partial charge in [-0.3, -0.25) is 0 Å². The van der Waals surface area contributed by atoms with Crippen molar-refractivity contribution >= 4 is 35.6 Å². The van der Waals surface area contributed by atoms with Crippen molar-refractivity contribution in [3.8, 4) is 0 Å². The maximum absolute atomic E-state index is 6.37. The molecule has 0 aliphatic carbocycles. The third-order valence-electron chi connectivity index (χ3n) is 2.96. The Kier molecular flexibility index (Phi) is 3.82. The van der Waals surface area contributed by atoms with E-state index in [9.17, 15) is 0 Å². The molecule has 0 atom stereocenters. The first-order chi connectivity index (χ1) is 9.34. The molecule has 0 spiro atoms. The van der Waals surface area contributed by atoms with Crippen LogP contribution in [-0.4, -0.2) is 19.6 Å². The van der Waals surface area contributed by atoms with Crippen molar-refractivity contribution in [1.82, 2.24) is 0 Å². The molecule has 0 fully saturated rings. The summed E-state index contributed by atoms with van der Waals surface area (Å²) in [6, 6.07) is 21.0. The Hall–Kier alpha value is -1.36. The average molecular weight is 327 g/mol. The molecule has 0 amide bonds. The summed E-state index contributed by atoms with van der Waals surface area (Å²) in [5, 5.41) is 0.880. The normalized spacial score (nSPS) is 15.3. The van der Waals surface area contributed by atoms with Crippen molar-refractivity contribution in [2.45, 2.75) is 0 Å². The zero-order chi connectivity index (χ0) is 13.1. The van der Waals surface area contributed by atoms with Crippen molar-refractivity contribution in [1.29, 1.82) is 0 Å². The first-order valence-corrected chi connectivity index (χ1v) is 8.37. The zero-order valence-electron chi connectivity index (χ0n) is 10.3. The molecule has 0 N–H and O–H groups in total. The van der Waals surface area contributed by atoms with Gasteiger partial charge >= 0.3 is 125 Å². The Morgan fingerprint density at radius 2 is 1.26 bits per heavy atom. The van der Waals surface area contributed by atoms with E-state index in [4.69, 9.17) is 11.6 Å². The summed E-state index contributed by atoms with van der Waals surface area (Å²) >= 11 is 6.30. The van der Waals surface area contributed by atoms with Gasteiger partial charge in [0.25, 0.3) is 0 Å². The van der Waals surface area contributed by atoms with E-state index in [1.54, 1.807) is 0 Å². The second kappa shape index (κ2) is 5.73. The summed E-state index contributed by atoms with van der Waals surface area (Å²) in [6.07, 6.45) is 4.18. The molecule has 1 aliphatic rings. The molecule has 1 aliphatic heterocycles. The van der Waals surface area contributed by atoms with Gasteiger partial charge in [0.1, 0.15) is 0 Å². The van der Waals surface area contributed by atoms with E-state index in [2.05, 4.69) is 54.6 Å². The van der Waals surface area contributed by atoms with Crippen molar-refractivity contribution in [2.75, 3.05) is 0 Å². The molecular weight excluding hydrogens is 315 g/mol. The van der Waals surface area contributed by atoms with Gasteiger partial charge in [-0.25, -0.2) is 0 Å². The van der Waals surface area contributed by atoms with Gasteiger partial charge in [0.15, 0.2) is 0 Å². The molecule has 1 heterocycles. The molecule has 0 aromatic heterocycles. The summed E-state index contributed by atoms with van der Waals surface area (Å²) in [4.78, 5) is 0. The van der Waals surface area contributed by atoms with Crippen LogP contribution in [0.25, 0.3) is 4.36 Å². The second-order valence-electron chi connectivity index (χ2n) is 4.26. The van der Waals surface area contributed by atoms with E-state index in [0.29, 0.717) is 0 Å². The van der Waals surface area contributed by atoms with E-state index >= 15 is 0 Å². The predicted octanol–water partition coefficient (Wildman–Crippen LogP) is 4.09. The van der Waals surface area contributed by atoms with Crippen LogP contribution in [0.5, 0.6) is 0 Å². The standard InChI is InChI=1S/C17H12AsCl/c19-16-12-11-15(13-7-3-1-4-8-13)18-17(16)14-9-5-2-6-10-14/h1-12H. The monoisotopic (exact) mass is 326 g/mol. The van der Waals surface area contributed by atoms with Gasteiger partial charge in [0, 0.05) is 0 Å². The van der Waals surface area contributed by atoms with Gasteiger partial charge in [-0.1, -0.05) is 0 Å². The molecule has 2 aromatic rings. The van der Waals surface area contributed by atoms with Crippen LogP contribution in [-0.2, 0) is 0 Å². The molecule has 0 radical (unpaired) electrons. The number of hydrogen-bond acceptors (Lipinski definition) is 0. The molecule has 0 nitrogen and oxygen atoms in total. The molecule has 0 saturated heterocycles. The average Bonchev–Trinajstić information content (AvgIpc) is 2.49. The van der Waals surface area contributed by atoms with Crippen molar-refractivity contribution in [3.63, 3.8) is 0 Å². The Labute approximate surface area is 124 Å². The quantitative estimate of drug-likeness (QED) is 0.729. The SMILES string of the molecule is ClC1=CC=C(c2ccccc2)[As]=C1c1ccccc1. The van der Waals surface area contributed by atoms with Crippen molar-refractivity contribution in [2.24, 2.45) is 0 Å². The van der Waals surface area contributed by atoms with Gasteiger partial charge in [0.05, 0.1) is 0 Å². The summed E-state index contributed by atoms with van der Waals surface area (Å²) in [6.45, 7) is 0. The fraction of sp³-hybridized carbons (Fsp3) is 0. The van der Waals surface area contributed by atoms with Gasteiger partial charge in [-0.2, -0.15) is 0 Å². The molecule has 92 valence electrons. The van der Waals surface area contributed by atoms with Crippen LogP contribution in [0.3, 0.4) is 0 Å². The Morgan fingerprint density at radius 1 is 0.684 bits per heavy atom. The van der Waals surface area contributed by atoms with Crippen LogP contribution in [0, 0.1) is 0 Å². The fourth-order valence-electron chi connectivity index (χ4n) is 2.01. The molecular formula is C17H12AsCl. The van der Waals surface area contributed by atoms with E-state index in [1.165, 1.54) is 19.8 Å². The van der Waals surface area contributed by atoms with E-state index in [0.717, 1.165) is 5.03 Å². The first kappa shape index (κ1) is 12.7. The van der Waals surface area contributed by atoms with Gasteiger partial charge in [0.2, 0.25) is 0 Å². The molecule has 2 heteroatoms. The third kappa shape index (κ3) is 2.81. The van der Waals surface area contributed by atoms with E-state index in [-0.39, 0.29) is 15.3 Å². The number of rotatable bonds is 2. The van der Waals surface area contributed by atoms with Crippen molar-refractivity contribution in [3.05, 3.63) is 89.0 Å². The number of hydrogen-bond donors (Lipinski definition) is 0. The zero-order valence-corrected chi connectivity index (χ0v) is 12.9. The van der Waals surface area contributed by atoms with Crippen LogP contribution in [0.4, 0.5) is 0 Å². The molecule has 0 unspecified atom stereocenters. The predicted molar refractivity (Wildman–Crippen MR) is 84.7 cm³/mol. The van der Waals surface area contributed by atoms with Crippen LogP contribution < -0.4 is 0 Å². The summed E-state index contributed by atoms with van der Waals surface area (Å²) in [5.74, 6) is 0. The molecule has 2 aromatic carbocycles. The van der Waals surface area contributed by atoms with E-state index in [1.807, 2.05) is 18.2 Å². The minimum absolute atomic E-state index is 0.0723. The molecule has 19 heavy (non-hydrogen) atoms. The fourth-order valence-corrected chi connectivity index (χ4v) is 4.77. The molecule has 0 saturated carbocycles. The van der Waals surface area contributed by atoms with Crippen LogP contribution in [0.2, 0.25) is 0 Å². The van der Waals surface area contributed by atoms with E-state index < -0.39 is 0 Å². The summed E-state index contributed by atoms with van der Waals surface area (Å²) < 4.78 is 2.69. The maximum atomic E-state index is 6.37. The third-order valence-corrected chi connectivity index (χ3v) is 6.44. The Morgan fingerprint density at radius 3 is 1.89 bits per heavy atom. The van der Waals surface area contributed by atoms with Crippen LogP contribution in [0.15, 0.2) is 77.8 Å². The second-order valence-corrected chi connectivity index (χ2v) is 7.08. The minimum atomic E-state index is -0.0723. The first-order valence-electron chi connectivity index (χ1n) is 6.12. The van der Waals surface area contributed by atoms with Gasteiger partial charge in [-0.05, 0) is 0 Å². The van der Waals surface area contributed by atoms with Crippen LogP contribution in [0.1, 0.15) is 11.1 Å². The van der Waals surface area contributed by atoms with Gasteiger partial charge < -0.3 is 0 Å². The number of benzene rings is 2. The molecule has 0 bridgehead atoms. The topological polar surface area (TPSA) is 0 Å².